The second kappa shape index (κ2) is 4.83. The molecule has 0 fully saturated rings. The van der Waals surface area contributed by atoms with Crippen molar-refractivity contribution in [2.24, 2.45) is 0 Å². The molecule has 5 heavy (non-hydrogen) atoms. The van der Waals surface area contributed by atoms with Gasteiger partial charge in [-0.1, -0.05) is 0 Å². The number of hydrogen-bond acceptors (Lipinski definition) is 0. The predicted molar refractivity (Wildman–Crippen MR) is 26.6 cm³/mol. The summed E-state index contributed by atoms with van der Waals surface area (Å²) in [7, 11) is 5.40. The third-order valence-electron chi connectivity index (χ3n) is 0.221. The molecule has 0 aromatic rings. The molecule has 0 heterocycles. The zero-order valence-corrected chi connectivity index (χ0v) is 6.48. The van der Waals surface area contributed by atoms with Gasteiger partial charge in [-0.2, -0.15) is 0 Å². The topological polar surface area (TPSA) is 0 Å². The van der Waals surface area contributed by atoms with Gasteiger partial charge in [0.25, 0.3) is 0 Å². The fraction of sp³-hybridized carbons (Fsp3) is 0.333. The number of hydrogen-bond donors (Lipinski definition) is 0. The minimum absolute atomic E-state index is 0.440. The molecule has 0 aliphatic rings. The molecular formula is C3H5ClSn. The Kier molecular flexibility index (Phi) is 5.63. The van der Waals surface area contributed by atoms with Crippen LogP contribution in [0, 0.1) is 0 Å². The van der Waals surface area contributed by atoms with E-state index in [0.717, 1.165) is 4.44 Å². The van der Waals surface area contributed by atoms with Crippen molar-refractivity contribution in [1.82, 2.24) is 0 Å². The summed E-state index contributed by atoms with van der Waals surface area (Å²) in [6.45, 7) is 3.51. The fourth-order valence-electron chi connectivity index (χ4n) is 0.0546. The summed E-state index contributed by atoms with van der Waals surface area (Å²) in [6.07, 6.45) is 1.87. The Morgan fingerprint density at radius 1 is 2.00 bits per heavy atom. The summed E-state index contributed by atoms with van der Waals surface area (Å²) in [5, 5.41) is 0. The summed E-state index contributed by atoms with van der Waals surface area (Å²) < 4.78 is 1.09. The van der Waals surface area contributed by atoms with E-state index in [1.54, 1.807) is 0 Å². The van der Waals surface area contributed by atoms with Gasteiger partial charge in [0.15, 0.2) is 0 Å². The van der Waals surface area contributed by atoms with Crippen LogP contribution >= 0.6 is 8.92 Å². The van der Waals surface area contributed by atoms with Crippen molar-refractivity contribution in [2.75, 3.05) is 0 Å². The summed E-state index contributed by atoms with van der Waals surface area (Å²) in [4.78, 5) is 0. The number of rotatable bonds is 2. The third kappa shape index (κ3) is 4.83. The van der Waals surface area contributed by atoms with Crippen molar-refractivity contribution in [3.63, 3.8) is 0 Å². The molecule has 0 bridgehead atoms. The molecule has 0 aromatic carbocycles. The molecule has 0 amide bonds. The van der Waals surface area contributed by atoms with Gasteiger partial charge in [-0.3, -0.25) is 0 Å². The first-order valence-electron chi connectivity index (χ1n) is 1.36. The molecule has 2 heteroatoms. The Morgan fingerprint density at radius 2 is 2.60 bits per heavy atom. The van der Waals surface area contributed by atoms with E-state index in [-0.39, 0.29) is 0 Å². The predicted octanol–water partition coefficient (Wildman–Crippen LogP) is 1.45. The van der Waals surface area contributed by atoms with E-state index in [2.05, 4.69) is 6.58 Å². The summed E-state index contributed by atoms with van der Waals surface area (Å²) in [5.41, 5.74) is 0. The van der Waals surface area contributed by atoms with Crippen LogP contribution in [0.4, 0.5) is 0 Å². The molecule has 0 spiro atoms. The molecule has 0 atom stereocenters. The van der Waals surface area contributed by atoms with E-state index in [1.165, 1.54) is 0 Å². The molecular weight excluding hydrogens is 190 g/mol. The summed E-state index contributed by atoms with van der Waals surface area (Å²) in [6, 6.07) is 0. The van der Waals surface area contributed by atoms with Gasteiger partial charge in [-0.15, -0.1) is 0 Å². The van der Waals surface area contributed by atoms with E-state index in [0.29, 0.717) is 0 Å². The fourth-order valence-corrected chi connectivity index (χ4v) is 1.10. The molecule has 0 unspecified atom stereocenters. The van der Waals surface area contributed by atoms with Gasteiger partial charge < -0.3 is 0 Å². The van der Waals surface area contributed by atoms with Crippen LogP contribution in [-0.4, -0.2) is 20.0 Å². The van der Waals surface area contributed by atoms with E-state index in [4.69, 9.17) is 8.92 Å². The number of halogens is 1. The van der Waals surface area contributed by atoms with Crippen molar-refractivity contribution in [1.29, 1.82) is 0 Å². The van der Waals surface area contributed by atoms with Crippen LogP contribution in [0.15, 0.2) is 12.7 Å². The molecule has 2 radical (unpaired) electrons. The second-order valence-corrected chi connectivity index (χ2v) is 4.35. The zero-order valence-electron chi connectivity index (χ0n) is 2.87. The van der Waals surface area contributed by atoms with Crippen LogP contribution in [0.5, 0.6) is 0 Å². The standard InChI is InChI=1S/C3H5.ClH.Sn/c1-3-2;;/h3H,1-2H2;1H;/q;;+1/p-1. The van der Waals surface area contributed by atoms with Crippen molar-refractivity contribution in [3.8, 4) is 0 Å². The van der Waals surface area contributed by atoms with E-state index < -0.39 is 20.0 Å². The Bertz CT molecular complexity index is 28.1. The molecule has 0 aliphatic carbocycles. The normalized spacial score (nSPS) is 7.40. The molecule has 0 saturated heterocycles. The van der Waals surface area contributed by atoms with Gasteiger partial charge in [-0.25, -0.2) is 0 Å². The Morgan fingerprint density at radius 3 is 2.60 bits per heavy atom. The maximum absolute atomic E-state index is 5.40. The first-order valence-corrected chi connectivity index (χ1v) is 6.99. The molecule has 0 aromatic heterocycles. The molecule has 0 nitrogen and oxygen atoms in total. The van der Waals surface area contributed by atoms with Crippen LogP contribution in [0.25, 0.3) is 0 Å². The number of allylic oxidation sites excluding steroid dienone is 1. The maximum atomic E-state index is 5.40. The van der Waals surface area contributed by atoms with Gasteiger partial charge >= 0.3 is 46.0 Å². The van der Waals surface area contributed by atoms with E-state index in [9.17, 15) is 0 Å². The van der Waals surface area contributed by atoms with E-state index >= 15 is 0 Å². The third-order valence-corrected chi connectivity index (χ3v) is 2.52. The van der Waals surface area contributed by atoms with Crippen LogP contribution in [0.3, 0.4) is 0 Å². The molecule has 0 saturated carbocycles. The first-order chi connectivity index (χ1) is 2.41. The van der Waals surface area contributed by atoms with Crippen molar-refractivity contribution in [3.05, 3.63) is 12.7 Å². The molecule has 28 valence electrons. The second-order valence-electron chi connectivity index (χ2n) is 0.626. The average Bonchev–Trinajstić information content (AvgIpc) is 1.41. The van der Waals surface area contributed by atoms with Gasteiger partial charge in [0.05, 0.1) is 0 Å². The van der Waals surface area contributed by atoms with Gasteiger partial charge in [0.1, 0.15) is 0 Å². The summed E-state index contributed by atoms with van der Waals surface area (Å²) >= 11 is -0.440. The SMILES string of the molecule is C=C[CH2][Sn][Cl]. The monoisotopic (exact) mass is 196 g/mol. The Labute approximate surface area is 46.1 Å². The Balaban J connectivity index is 2.40. The summed E-state index contributed by atoms with van der Waals surface area (Å²) in [5.74, 6) is 0. The van der Waals surface area contributed by atoms with E-state index in [1.807, 2.05) is 6.08 Å². The van der Waals surface area contributed by atoms with Crippen LogP contribution in [-0.2, 0) is 0 Å². The average molecular weight is 195 g/mol. The molecule has 0 aliphatic heterocycles. The quantitative estimate of drug-likeness (QED) is 0.462. The molecule has 0 rings (SSSR count). The first kappa shape index (κ1) is 5.83. The van der Waals surface area contributed by atoms with Crippen molar-refractivity contribution >= 4 is 28.9 Å². The molecule has 0 N–H and O–H groups in total. The van der Waals surface area contributed by atoms with Crippen LogP contribution in [0.2, 0.25) is 4.44 Å². The van der Waals surface area contributed by atoms with Crippen molar-refractivity contribution < 1.29 is 0 Å². The van der Waals surface area contributed by atoms with Crippen LogP contribution < -0.4 is 0 Å². The van der Waals surface area contributed by atoms with Gasteiger partial charge in [0.2, 0.25) is 0 Å². The van der Waals surface area contributed by atoms with Crippen LogP contribution in [0.1, 0.15) is 0 Å². The Hall–Kier alpha value is 0.829. The van der Waals surface area contributed by atoms with Crippen molar-refractivity contribution in [2.45, 2.75) is 4.44 Å². The van der Waals surface area contributed by atoms with Gasteiger partial charge in [0, 0.05) is 0 Å². The minimum atomic E-state index is -0.440. The van der Waals surface area contributed by atoms with Gasteiger partial charge in [-0.05, 0) is 0 Å². The zero-order chi connectivity index (χ0) is 4.12.